The first-order valence-corrected chi connectivity index (χ1v) is 14.5. The van der Waals surface area contributed by atoms with Crippen LogP contribution in [0.4, 0.5) is 0 Å². The summed E-state index contributed by atoms with van der Waals surface area (Å²) < 4.78 is 12.9. The van der Waals surface area contributed by atoms with E-state index in [1.807, 2.05) is 0 Å². The van der Waals surface area contributed by atoms with Gasteiger partial charge in [-0.1, -0.05) is 0 Å². The molecule has 0 amide bonds. The summed E-state index contributed by atoms with van der Waals surface area (Å²) in [6.07, 6.45) is 0. The third-order valence-electron chi connectivity index (χ3n) is 1.42. The molecule has 0 aromatic heterocycles. The molecule has 0 saturated heterocycles. The first-order valence-electron chi connectivity index (χ1n) is 3.67. The number of hydrogen-bond donors (Lipinski definition) is 0. The summed E-state index contributed by atoms with van der Waals surface area (Å²) in [5.41, 5.74) is 0. The summed E-state index contributed by atoms with van der Waals surface area (Å²) in [5, 5.41) is 0. The Morgan fingerprint density at radius 3 is 2.09 bits per heavy atom. The van der Waals surface area contributed by atoms with Gasteiger partial charge in [-0.25, -0.2) is 0 Å². The van der Waals surface area contributed by atoms with Gasteiger partial charge in [0.25, 0.3) is 0 Å². The summed E-state index contributed by atoms with van der Waals surface area (Å²) in [5.74, 6) is 0. The van der Waals surface area contributed by atoms with E-state index in [9.17, 15) is 0 Å². The molecule has 0 unspecified atom stereocenters. The topological polar surface area (TPSA) is 18.5 Å². The van der Waals surface area contributed by atoms with Crippen molar-refractivity contribution in [3.05, 3.63) is 8.44 Å². The predicted octanol–water partition coefficient (Wildman–Crippen LogP) is 2.47. The van der Waals surface area contributed by atoms with Crippen LogP contribution < -0.4 is 0 Å². The van der Waals surface area contributed by atoms with Crippen molar-refractivity contribution < 1.29 is 9.47 Å². The van der Waals surface area contributed by atoms with Crippen molar-refractivity contribution in [3.63, 3.8) is 0 Å². The van der Waals surface area contributed by atoms with E-state index in [1.165, 1.54) is 0 Å². The average Bonchev–Trinajstić information content (AvgIpc) is 1.86. The van der Waals surface area contributed by atoms with Crippen LogP contribution in [0.3, 0.4) is 0 Å². The van der Waals surface area contributed by atoms with E-state index in [-0.39, 0.29) is 0 Å². The maximum absolute atomic E-state index is 5.56. The Bertz CT molecular complexity index is 183. The summed E-state index contributed by atoms with van der Waals surface area (Å²) in [6.45, 7) is 1.38. The number of ether oxygens (including phenoxy) is 2. The Morgan fingerprint density at radius 1 is 1.18 bits per heavy atom. The molecule has 0 bridgehead atoms. The SMILES string of the molecule is [CH3][Sn]([CH3])([CH3])[C]1=C(Br)OCCO1. The van der Waals surface area contributed by atoms with Gasteiger partial charge in [-0.2, -0.15) is 0 Å². The molecule has 0 aliphatic carbocycles. The monoisotopic (exact) mass is 328 g/mol. The first-order chi connectivity index (χ1) is 5.02. The van der Waals surface area contributed by atoms with Crippen LogP contribution in [0.25, 0.3) is 0 Å². The van der Waals surface area contributed by atoms with Crippen LogP contribution in [-0.2, 0) is 9.47 Å². The molecule has 1 aliphatic rings. The molecule has 1 rings (SSSR count). The maximum atomic E-state index is 5.56. The van der Waals surface area contributed by atoms with Gasteiger partial charge in [0, 0.05) is 0 Å². The van der Waals surface area contributed by atoms with Gasteiger partial charge in [0.15, 0.2) is 0 Å². The Balaban J connectivity index is 2.83. The number of halogens is 1. The van der Waals surface area contributed by atoms with Crippen molar-refractivity contribution in [3.8, 4) is 0 Å². The normalized spacial score (nSPS) is 19.3. The molecule has 2 nitrogen and oxygen atoms in total. The quantitative estimate of drug-likeness (QED) is 0.689. The molecule has 4 heteroatoms. The molecule has 0 radical (unpaired) electrons. The van der Waals surface area contributed by atoms with Gasteiger partial charge >= 0.3 is 80.3 Å². The molecule has 1 aliphatic heterocycles. The molecule has 0 aromatic carbocycles. The van der Waals surface area contributed by atoms with Crippen molar-refractivity contribution in [2.45, 2.75) is 14.8 Å². The zero-order valence-electron chi connectivity index (χ0n) is 7.11. The fourth-order valence-electron chi connectivity index (χ4n) is 0.909. The molecular formula is C7H13BrO2Sn. The predicted molar refractivity (Wildman–Crippen MR) is 51.2 cm³/mol. The van der Waals surface area contributed by atoms with Gasteiger partial charge in [0.1, 0.15) is 0 Å². The Labute approximate surface area is 79.9 Å². The minimum atomic E-state index is -2.03. The molecule has 0 atom stereocenters. The van der Waals surface area contributed by atoms with Crippen molar-refractivity contribution in [1.29, 1.82) is 0 Å². The van der Waals surface area contributed by atoms with Crippen LogP contribution in [0, 0.1) is 0 Å². The standard InChI is InChI=1S/C4H4BrO2.3CH3.Sn/c5-4-3-6-1-2-7-4;;;;/h1-2H2;3*1H3;. The number of rotatable bonds is 1. The summed E-state index contributed by atoms with van der Waals surface area (Å²) in [4.78, 5) is 6.92. The van der Waals surface area contributed by atoms with Gasteiger partial charge in [-0.15, -0.1) is 0 Å². The van der Waals surface area contributed by atoms with Crippen molar-refractivity contribution in [2.75, 3.05) is 13.2 Å². The molecule has 0 saturated carbocycles. The second kappa shape index (κ2) is 3.56. The molecule has 0 spiro atoms. The summed E-state index contributed by atoms with van der Waals surface area (Å²) >= 11 is 1.34. The van der Waals surface area contributed by atoms with Crippen LogP contribution >= 0.6 is 15.9 Å². The zero-order chi connectivity index (χ0) is 8.48. The fourth-order valence-corrected chi connectivity index (χ4v) is 8.59. The summed E-state index contributed by atoms with van der Waals surface area (Å²) in [6, 6.07) is 0. The van der Waals surface area contributed by atoms with E-state index in [0.717, 1.165) is 8.44 Å². The van der Waals surface area contributed by atoms with E-state index in [0.29, 0.717) is 13.2 Å². The zero-order valence-corrected chi connectivity index (χ0v) is 11.5. The first kappa shape index (κ1) is 9.70. The van der Waals surface area contributed by atoms with Crippen LogP contribution in [0.15, 0.2) is 8.44 Å². The van der Waals surface area contributed by atoms with Crippen molar-refractivity contribution in [2.24, 2.45) is 0 Å². The molecule has 0 fully saturated rings. The van der Waals surface area contributed by atoms with E-state index in [4.69, 9.17) is 9.47 Å². The Kier molecular flexibility index (Phi) is 3.14. The van der Waals surface area contributed by atoms with E-state index < -0.39 is 18.4 Å². The van der Waals surface area contributed by atoms with Crippen molar-refractivity contribution >= 4 is 34.3 Å². The van der Waals surface area contributed by atoms with E-state index in [2.05, 4.69) is 30.7 Å². The third kappa shape index (κ3) is 2.54. The molecular weight excluding hydrogens is 315 g/mol. The summed E-state index contributed by atoms with van der Waals surface area (Å²) in [7, 11) is 0. The molecule has 11 heavy (non-hydrogen) atoms. The van der Waals surface area contributed by atoms with Crippen LogP contribution in [0.5, 0.6) is 0 Å². The van der Waals surface area contributed by atoms with E-state index in [1.54, 1.807) is 0 Å². The van der Waals surface area contributed by atoms with Gasteiger partial charge in [0.05, 0.1) is 0 Å². The van der Waals surface area contributed by atoms with Crippen LogP contribution in [-0.4, -0.2) is 31.6 Å². The minimum absolute atomic E-state index is 0.673. The Hall–Kier alpha value is 0.619. The van der Waals surface area contributed by atoms with Crippen LogP contribution in [0.2, 0.25) is 14.8 Å². The van der Waals surface area contributed by atoms with Gasteiger partial charge in [-0.3, -0.25) is 0 Å². The molecule has 1 heterocycles. The Morgan fingerprint density at radius 2 is 1.73 bits per heavy atom. The second-order valence-corrected chi connectivity index (χ2v) is 18.4. The number of hydrogen-bond acceptors (Lipinski definition) is 2. The fraction of sp³-hybridized carbons (Fsp3) is 0.714. The molecule has 0 aromatic rings. The average molecular weight is 328 g/mol. The van der Waals surface area contributed by atoms with Crippen molar-refractivity contribution in [1.82, 2.24) is 0 Å². The molecule has 0 N–H and O–H groups in total. The second-order valence-electron chi connectivity index (χ2n) is 3.55. The molecule has 64 valence electrons. The van der Waals surface area contributed by atoms with Crippen LogP contribution in [0.1, 0.15) is 0 Å². The van der Waals surface area contributed by atoms with Gasteiger partial charge < -0.3 is 0 Å². The third-order valence-corrected chi connectivity index (χ3v) is 8.00. The van der Waals surface area contributed by atoms with E-state index >= 15 is 0 Å². The van der Waals surface area contributed by atoms with Gasteiger partial charge in [-0.05, 0) is 0 Å². The van der Waals surface area contributed by atoms with Gasteiger partial charge in [0.2, 0.25) is 0 Å².